The maximum atomic E-state index is 4.47. The van der Waals surface area contributed by atoms with Crippen LogP contribution in [0.2, 0.25) is 0 Å². The average Bonchev–Trinajstić information content (AvgIpc) is 2.03. The summed E-state index contributed by atoms with van der Waals surface area (Å²) in [5.74, 6) is 1.23. The molecule has 0 radical (unpaired) electrons. The molecule has 0 rings (SSSR count). The van der Waals surface area contributed by atoms with Crippen molar-refractivity contribution in [3.63, 3.8) is 0 Å². The third kappa shape index (κ3) is 3.74. The van der Waals surface area contributed by atoms with Gasteiger partial charge in [0.1, 0.15) is 5.84 Å². The van der Waals surface area contributed by atoms with Crippen molar-refractivity contribution in [3.8, 4) is 0 Å². The summed E-state index contributed by atoms with van der Waals surface area (Å²) in [5, 5.41) is 0. The molecule has 0 bridgehead atoms. The molecule has 0 amide bonds. The molecule has 0 aromatic heterocycles. The van der Waals surface area contributed by atoms with Crippen LogP contribution in [0.25, 0.3) is 0 Å². The van der Waals surface area contributed by atoms with E-state index in [4.69, 9.17) is 0 Å². The smallest absolute Gasteiger partial charge is 0.109 e. The van der Waals surface area contributed by atoms with Gasteiger partial charge in [-0.15, -0.1) is 0 Å². The van der Waals surface area contributed by atoms with Crippen LogP contribution in [0.3, 0.4) is 0 Å². The van der Waals surface area contributed by atoms with Crippen molar-refractivity contribution in [1.29, 1.82) is 0 Å². The van der Waals surface area contributed by atoms with Crippen LogP contribution < -0.4 is 0 Å². The molecule has 0 aliphatic rings. The first kappa shape index (κ1) is 12.2. The summed E-state index contributed by atoms with van der Waals surface area (Å²) in [4.78, 5) is 6.81. The number of rotatable bonds is 4. The highest BCUT2D eigenvalue weighted by Crippen LogP contribution is 2.02. The lowest BCUT2D eigenvalue weighted by Gasteiger charge is -2.27. The van der Waals surface area contributed by atoms with Gasteiger partial charge in [-0.3, -0.25) is 4.99 Å². The van der Waals surface area contributed by atoms with E-state index in [9.17, 15) is 0 Å². The van der Waals surface area contributed by atoms with Gasteiger partial charge < -0.3 is 4.90 Å². The van der Waals surface area contributed by atoms with Crippen LogP contribution in [-0.2, 0) is 0 Å². The quantitative estimate of drug-likeness (QED) is 0.335. The van der Waals surface area contributed by atoms with E-state index in [2.05, 4.69) is 60.2 Å². The van der Waals surface area contributed by atoms with Gasteiger partial charge in [0.25, 0.3) is 0 Å². The van der Waals surface area contributed by atoms with Crippen molar-refractivity contribution in [2.24, 2.45) is 4.99 Å². The summed E-state index contributed by atoms with van der Waals surface area (Å²) in [6.45, 7) is 10.6. The first-order chi connectivity index (χ1) is 5.67. The SMILES string of the molecule is CCN=C(CI)N(CC)C(C)C. The summed E-state index contributed by atoms with van der Waals surface area (Å²) in [5.41, 5.74) is 0. The molecule has 0 unspecified atom stereocenters. The second kappa shape index (κ2) is 6.69. The Bertz CT molecular complexity index is 143. The molecule has 0 atom stereocenters. The third-order valence-corrected chi connectivity index (χ3v) is 2.44. The highest BCUT2D eigenvalue weighted by molar-refractivity contribution is 14.1. The number of halogens is 1. The van der Waals surface area contributed by atoms with Crippen LogP contribution in [0, 0.1) is 0 Å². The molecule has 0 aliphatic heterocycles. The highest BCUT2D eigenvalue weighted by Gasteiger charge is 2.10. The van der Waals surface area contributed by atoms with Crippen molar-refractivity contribution in [2.75, 3.05) is 17.5 Å². The Morgan fingerprint density at radius 1 is 1.42 bits per heavy atom. The second-order valence-electron chi connectivity index (χ2n) is 2.90. The van der Waals surface area contributed by atoms with Crippen molar-refractivity contribution < 1.29 is 0 Å². The lowest BCUT2D eigenvalue weighted by atomic mass is 10.3. The Balaban J connectivity index is 4.33. The van der Waals surface area contributed by atoms with Gasteiger partial charge in [0, 0.05) is 19.1 Å². The Kier molecular flexibility index (Phi) is 6.80. The zero-order valence-corrected chi connectivity index (χ0v) is 10.6. The summed E-state index contributed by atoms with van der Waals surface area (Å²) < 4.78 is 1.01. The van der Waals surface area contributed by atoms with Gasteiger partial charge in [-0.25, -0.2) is 0 Å². The number of alkyl halides is 1. The summed E-state index contributed by atoms with van der Waals surface area (Å²) >= 11 is 2.37. The summed E-state index contributed by atoms with van der Waals surface area (Å²) in [7, 11) is 0. The van der Waals surface area contributed by atoms with Gasteiger partial charge >= 0.3 is 0 Å². The van der Waals surface area contributed by atoms with Gasteiger partial charge in [0.15, 0.2) is 0 Å². The molecule has 12 heavy (non-hydrogen) atoms. The molecule has 2 nitrogen and oxygen atoms in total. The number of aliphatic imine (C=N–C) groups is 1. The number of hydrogen-bond acceptors (Lipinski definition) is 1. The zero-order chi connectivity index (χ0) is 9.56. The summed E-state index contributed by atoms with van der Waals surface area (Å²) in [6, 6.07) is 0.565. The minimum atomic E-state index is 0.565. The van der Waals surface area contributed by atoms with Gasteiger partial charge in [-0.1, -0.05) is 22.6 Å². The Hall–Kier alpha value is 0.200. The topological polar surface area (TPSA) is 15.6 Å². The fourth-order valence-electron chi connectivity index (χ4n) is 1.24. The van der Waals surface area contributed by atoms with Gasteiger partial charge in [-0.05, 0) is 27.7 Å². The first-order valence-electron chi connectivity index (χ1n) is 4.53. The van der Waals surface area contributed by atoms with Crippen LogP contribution >= 0.6 is 22.6 Å². The lowest BCUT2D eigenvalue weighted by Crippen LogP contribution is -2.37. The Labute approximate surface area is 89.6 Å². The van der Waals surface area contributed by atoms with E-state index in [1.807, 2.05) is 0 Å². The van der Waals surface area contributed by atoms with E-state index in [1.54, 1.807) is 0 Å². The molecular weight excluding hydrogens is 263 g/mol. The van der Waals surface area contributed by atoms with Crippen LogP contribution in [0.1, 0.15) is 27.7 Å². The molecule has 0 aromatic rings. The van der Waals surface area contributed by atoms with E-state index in [0.717, 1.165) is 17.5 Å². The molecule has 0 aliphatic carbocycles. The van der Waals surface area contributed by atoms with Crippen molar-refractivity contribution in [1.82, 2.24) is 4.90 Å². The molecular formula is C9H19IN2. The van der Waals surface area contributed by atoms with Crippen molar-refractivity contribution in [2.45, 2.75) is 33.7 Å². The van der Waals surface area contributed by atoms with Crippen LogP contribution in [0.5, 0.6) is 0 Å². The molecule has 0 fully saturated rings. The molecule has 0 N–H and O–H groups in total. The number of hydrogen-bond donors (Lipinski definition) is 0. The molecule has 72 valence electrons. The first-order valence-corrected chi connectivity index (χ1v) is 6.05. The largest absolute Gasteiger partial charge is 0.358 e. The lowest BCUT2D eigenvalue weighted by molar-refractivity contribution is 0.365. The molecule has 0 saturated carbocycles. The van der Waals surface area contributed by atoms with Gasteiger partial charge in [-0.2, -0.15) is 0 Å². The highest BCUT2D eigenvalue weighted by atomic mass is 127. The molecule has 0 saturated heterocycles. The van der Waals surface area contributed by atoms with Crippen molar-refractivity contribution in [3.05, 3.63) is 0 Å². The van der Waals surface area contributed by atoms with E-state index >= 15 is 0 Å². The molecule has 0 aromatic carbocycles. The molecule has 0 spiro atoms. The van der Waals surface area contributed by atoms with E-state index in [0.29, 0.717) is 6.04 Å². The van der Waals surface area contributed by atoms with Crippen LogP contribution in [0.4, 0.5) is 0 Å². The number of nitrogens with zero attached hydrogens (tertiary/aromatic N) is 2. The minimum absolute atomic E-state index is 0.565. The van der Waals surface area contributed by atoms with Crippen LogP contribution in [0.15, 0.2) is 4.99 Å². The van der Waals surface area contributed by atoms with E-state index < -0.39 is 0 Å². The Morgan fingerprint density at radius 3 is 2.25 bits per heavy atom. The standard InChI is InChI=1S/C9H19IN2/c1-5-11-9(7-10)12(6-2)8(3)4/h8H,5-7H2,1-4H3. The third-order valence-electron chi connectivity index (χ3n) is 1.76. The fourth-order valence-corrected chi connectivity index (χ4v) is 1.92. The predicted octanol–water partition coefficient (Wildman–Crippen LogP) is 2.57. The second-order valence-corrected chi connectivity index (χ2v) is 3.67. The zero-order valence-electron chi connectivity index (χ0n) is 8.47. The Morgan fingerprint density at radius 2 is 2.00 bits per heavy atom. The maximum absolute atomic E-state index is 4.47. The van der Waals surface area contributed by atoms with E-state index in [1.165, 1.54) is 5.84 Å². The monoisotopic (exact) mass is 282 g/mol. The molecule has 3 heteroatoms. The normalized spacial score (nSPS) is 12.3. The van der Waals surface area contributed by atoms with Gasteiger partial charge in [0.05, 0.1) is 4.43 Å². The predicted molar refractivity (Wildman–Crippen MR) is 64.4 cm³/mol. The number of amidine groups is 1. The molecule has 0 heterocycles. The van der Waals surface area contributed by atoms with Gasteiger partial charge in [0.2, 0.25) is 0 Å². The van der Waals surface area contributed by atoms with E-state index in [-0.39, 0.29) is 0 Å². The summed E-state index contributed by atoms with van der Waals surface area (Å²) in [6.07, 6.45) is 0. The van der Waals surface area contributed by atoms with Crippen LogP contribution in [-0.4, -0.2) is 34.3 Å². The van der Waals surface area contributed by atoms with Crippen molar-refractivity contribution >= 4 is 28.4 Å². The average molecular weight is 282 g/mol. The maximum Gasteiger partial charge on any atom is 0.109 e. The fraction of sp³-hybridized carbons (Fsp3) is 0.889. The minimum Gasteiger partial charge on any atom is -0.358 e.